The predicted molar refractivity (Wildman–Crippen MR) is 80.8 cm³/mol. The Kier molecular flexibility index (Phi) is 8.25. The molecule has 0 saturated carbocycles. The van der Waals surface area contributed by atoms with Gasteiger partial charge in [-0.2, -0.15) is 0 Å². The van der Waals surface area contributed by atoms with Gasteiger partial charge in [0, 0.05) is 0 Å². The van der Waals surface area contributed by atoms with E-state index in [1.165, 1.54) is 25.7 Å². The maximum absolute atomic E-state index is 5.73. The molecule has 0 aromatic rings. The first kappa shape index (κ1) is 16.7. The fraction of sp³-hybridized carbons (Fsp3) is 1.00. The van der Waals surface area contributed by atoms with Gasteiger partial charge in [-0.1, -0.05) is 60.8 Å². The third kappa shape index (κ3) is 4.91. The van der Waals surface area contributed by atoms with E-state index in [9.17, 15) is 0 Å². The third-order valence-corrected chi connectivity index (χ3v) is 4.97. The van der Waals surface area contributed by atoms with E-state index >= 15 is 0 Å². The summed E-state index contributed by atoms with van der Waals surface area (Å²) in [5, 5.41) is 0. The van der Waals surface area contributed by atoms with Crippen molar-refractivity contribution in [3.05, 3.63) is 0 Å². The van der Waals surface area contributed by atoms with E-state index in [-0.39, 0.29) is 0 Å². The van der Waals surface area contributed by atoms with E-state index in [2.05, 4.69) is 64.5 Å². The van der Waals surface area contributed by atoms with Crippen molar-refractivity contribution in [2.45, 2.75) is 73.3 Å². The second-order valence-electron chi connectivity index (χ2n) is 5.67. The molecule has 0 amide bonds. The maximum atomic E-state index is 5.73. The normalized spacial score (nSPS) is 16.5. The van der Waals surface area contributed by atoms with Crippen LogP contribution in [0.1, 0.15) is 67.2 Å². The van der Waals surface area contributed by atoms with Crippen molar-refractivity contribution in [1.29, 1.82) is 0 Å². The standard InChI is InChI=1S/C14H29IO/c1-7-12(11(4)5)13(16-15)10-14(6,8-2)9-3/h11-13H,7-10H2,1-6H3. The average Bonchev–Trinajstić information content (AvgIpc) is 2.28. The van der Waals surface area contributed by atoms with Crippen molar-refractivity contribution in [1.82, 2.24) is 0 Å². The van der Waals surface area contributed by atoms with Crippen molar-refractivity contribution >= 4 is 23.0 Å². The van der Waals surface area contributed by atoms with Crippen LogP contribution in [0.2, 0.25) is 0 Å². The number of hydrogen-bond acceptors (Lipinski definition) is 1. The highest BCUT2D eigenvalue weighted by molar-refractivity contribution is 14.1. The fourth-order valence-corrected chi connectivity index (χ4v) is 2.99. The van der Waals surface area contributed by atoms with Gasteiger partial charge in [0.2, 0.25) is 0 Å². The second kappa shape index (κ2) is 7.91. The number of hydrogen-bond donors (Lipinski definition) is 0. The highest BCUT2D eigenvalue weighted by atomic mass is 127. The van der Waals surface area contributed by atoms with E-state index in [0.29, 0.717) is 23.4 Å². The summed E-state index contributed by atoms with van der Waals surface area (Å²) < 4.78 is 5.73. The second-order valence-corrected chi connectivity index (χ2v) is 6.17. The molecule has 0 aliphatic heterocycles. The molecular formula is C14H29IO. The van der Waals surface area contributed by atoms with Crippen molar-refractivity contribution in [2.24, 2.45) is 17.3 Å². The lowest BCUT2D eigenvalue weighted by atomic mass is 9.74. The first-order valence-electron chi connectivity index (χ1n) is 6.71. The SMILES string of the molecule is CCC(C(C)C)C(CC(C)(CC)CC)OI. The lowest BCUT2D eigenvalue weighted by Crippen LogP contribution is -2.31. The van der Waals surface area contributed by atoms with E-state index in [4.69, 9.17) is 3.07 Å². The molecule has 2 heteroatoms. The van der Waals surface area contributed by atoms with E-state index in [1.807, 2.05) is 0 Å². The Morgan fingerprint density at radius 1 is 1.12 bits per heavy atom. The van der Waals surface area contributed by atoms with Crippen molar-refractivity contribution in [2.75, 3.05) is 0 Å². The molecule has 0 aromatic carbocycles. The lowest BCUT2D eigenvalue weighted by Gasteiger charge is -2.35. The topological polar surface area (TPSA) is 9.23 Å². The van der Waals surface area contributed by atoms with Gasteiger partial charge in [0.15, 0.2) is 0 Å². The van der Waals surface area contributed by atoms with Gasteiger partial charge in [0.05, 0.1) is 6.10 Å². The first-order chi connectivity index (χ1) is 7.44. The Bertz CT molecular complexity index is 176. The Labute approximate surface area is 116 Å². The zero-order chi connectivity index (χ0) is 12.8. The summed E-state index contributed by atoms with van der Waals surface area (Å²) in [7, 11) is 0. The maximum Gasteiger partial charge on any atom is 0.110 e. The zero-order valence-electron chi connectivity index (χ0n) is 11.8. The molecule has 0 N–H and O–H groups in total. The van der Waals surface area contributed by atoms with E-state index in [1.54, 1.807) is 0 Å². The number of halogens is 1. The van der Waals surface area contributed by atoms with E-state index < -0.39 is 0 Å². The third-order valence-electron chi connectivity index (χ3n) is 4.32. The highest BCUT2D eigenvalue weighted by Gasteiger charge is 2.31. The van der Waals surface area contributed by atoms with Gasteiger partial charge in [0.25, 0.3) is 0 Å². The number of rotatable bonds is 8. The Balaban J connectivity index is 4.60. The largest absolute Gasteiger partial charge is 0.312 e. The molecule has 0 rings (SSSR count). The molecular weight excluding hydrogens is 311 g/mol. The van der Waals surface area contributed by atoms with Gasteiger partial charge in [0.1, 0.15) is 23.0 Å². The minimum absolute atomic E-state index is 0.412. The molecule has 0 aromatic heterocycles. The van der Waals surface area contributed by atoms with Gasteiger partial charge in [-0.05, 0) is 23.7 Å². The smallest absolute Gasteiger partial charge is 0.110 e. The van der Waals surface area contributed by atoms with Crippen LogP contribution < -0.4 is 0 Å². The molecule has 16 heavy (non-hydrogen) atoms. The molecule has 0 fully saturated rings. The Hall–Kier alpha value is 0.690. The van der Waals surface area contributed by atoms with Crippen LogP contribution in [-0.4, -0.2) is 6.10 Å². The van der Waals surface area contributed by atoms with Gasteiger partial charge in [-0.15, -0.1) is 0 Å². The molecule has 0 spiro atoms. The summed E-state index contributed by atoms with van der Waals surface area (Å²) in [4.78, 5) is 0. The summed E-state index contributed by atoms with van der Waals surface area (Å²) in [6, 6.07) is 0. The Morgan fingerprint density at radius 3 is 1.88 bits per heavy atom. The molecule has 0 aliphatic rings. The van der Waals surface area contributed by atoms with Crippen LogP contribution in [0.5, 0.6) is 0 Å². The van der Waals surface area contributed by atoms with E-state index in [0.717, 1.165) is 0 Å². The Morgan fingerprint density at radius 2 is 1.62 bits per heavy atom. The van der Waals surface area contributed by atoms with Gasteiger partial charge >= 0.3 is 0 Å². The molecule has 0 saturated heterocycles. The monoisotopic (exact) mass is 340 g/mol. The van der Waals surface area contributed by atoms with Gasteiger partial charge < -0.3 is 3.07 Å². The fourth-order valence-electron chi connectivity index (χ4n) is 2.44. The molecule has 98 valence electrons. The first-order valence-corrected chi connectivity index (χ1v) is 7.59. The van der Waals surface area contributed by atoms with Crippen LogP contribution in [0.4, 0.5) is 0 Å². The quantitative estimate of drug-likeness (QED) is 0.521. The van der Waals surface area contributed by atoms with Crippen LogP contribution in [-0.2, 0) is 3.07 Å². The molecule has 0 heterocycles. The summed E-state index contributed by atoms with van der Waals surface area (Å²) in [5.41, 5.74) is 0.443. The summed E-state index contributed by atoms with van der Waals surface area (Å²) in [5.74, 6) is 1.40. The average molecular weight is 340 g/mol. The summed E-state index contributed by atoms with van der Waals surface area (Å²) in [6.45, 7) is 13.9. The van der Waals surface area contributed by atoms with Crippen molar-refractivity contribution in [3.8, 4) is 0 Å². The molecule has 2 unspecified atom stereocenters. The lowest BCUT2D eigenvalue weighted by molar-refractivity contribution is 0.0843. The molecule has 0 bridgehead atoms. The van der Waals surface area contributed by atoms with Crippen molar-refractivity contribution in [3.63, 3.8) is 0 Å². The van der Waals surface area contributed by atoms with Gasteiger partial charge in [-0.25, -0.2) is 0 Å². The molecule has 1 nitrogen and oxygen atoms in total. The zero-order valence-corrected chi connectivity index (χ0v) is 14.0. The summed E-state index contributed by atoms with van der Waals surface area (Å²) in [6.07, 6.45) is 5.31. The van der Waals surface area contributed by atoms with Crippen LogP contribution in [0.15, 0.2) is 0 Å². The molecule has 2 atom stereocenters. The van der Waals surface area contributed by atoms with Crippen LogP contribution >= 0.6 is 23.0 Å². The predicted octanol–water partition coefficient (Wildman–Crippen LogP) is 5.62. The van der Waals surface area contributed by atoms with Crippen molar-refractivity contribution < 1.29 is 3.07 Å². The van der Waals surface area contributed by atoms with Crippen LogP contribution in [0, 0.1) is 17.3 Å². The minimum Gasteiger partial charge on any atom is -0.312 e. The summed E-state index contributed by atoms with van der Waals surface area (Å²) >= 11 is 2.09. The highest BCUT2D eigenvalue weighted by Crippen LogP contribution is 2.37. The van der Waals surface area contributed by atoms with Gasteiger partial charge in [-0.3, -0.25) is 0 Å². The molecule has 0 radical (unpaired) electrons. The molecule has 0 aliphatic carbocycles. The van der Waals surface area contributed by atoms with Crippen LogP contribution in [0.25, 0.3) is 0 Å². The minimum atomic E-state index is 0.412. The van der Waals surface area contributed by atoms with Crippen LogP contribution in [0.3, 0.4) is 0 Å².